The van der Waals surface area contributed by atoms with E-state index in [0.717, 1.165) is 6.42 Å². The molecule has 88 valence electrons. The predicted octanol–water partition coefficient (Wildman–Crippen LogP) is 1.03. The first kappa shape index (κ1) is 11.2. The van der Waals surface area contributed by atoms with E-state index >= 15 is 0 Å². The van der Waals surface area contributed by atoms with Crippen molar-refractivity contribution >= 4 is 11.9 Å². The molecule has 0 heterocycles. The second-order valence-corrected chi connectivity index (χ2v) is 5.00. The zero-order chi connectivity index (χ0) is 11.9. The highest BCUT2D eigenvalue weighted by molar-refractivity contribution is 5.86. The Balaban J connectivity index is 2.16. The Hall–Kier alpha value is -1.32. The summed E-state index contributed by atoms with van der Waals surface area (Å²) >= 11 is 0. The van der Waals surface area contributed by atoms with Crippen LogP contribution >= 0.6 is 0 Å². The molecule has 2 N–H and O–H groups in total. The lowest BCUT2D eigenvalue weighted by Crippen LogP contribution is -2.42. The van der Waals surface area contributed by atoms with Crippen molar-refractivity contribution in [2.24, 2.45) is 23.7 Å². The molecular formula is C12H17NO3. The summed E-state index contributed by atoms with van der Waals surface area (Å²) in [4.78, 5) is 23.1. The van der Waals surface area contributed by atoms with Crippen molar-refractivity contribution in [3.8, 4) is 0 Å². The van der Waals surface area contributed by atoms with E-state index in [4.69, 9.17) is 0 Å². The van der Waals surface area contributed by atoms with Crippen molar-refractivity contribution in [3.63, 3.8) is 0 Å². The molecular weight excluding hydrogens is 206 g/mol. The summed E-state index contributed by atoms with van der Waals surface area (Å²) in [5.41, 5.74) is 0. The highest BCUT2D eigenvalue weighted by atomic mass is 16.4. The molecule has 4 nitrogen and oxygen atoms in total. The van der Waals surface area contributed by atoms with Crippen molar-refractivity contribution < 1.29 is 14.7 Å². The maximum absolute atomic E-state index is 12.0. The molecule has 0 aromatic heterocycles. The van der Waals surface area contributed by atoms with Crippen LogP contribution in [0.4, 0.5) is 0 Å². The van der Waals surface area contributed by atoms with Gasteiger partial charge in [-0.25, -0.2) is 0 Å². The minimum atomic E-state index is -0.847. The molecule has 0 radical (unpaired) electrons. The Labute approximate surface area is 94.7 Å². The highest BCUT2D eigenvalue weighted by Gasteiger charge is 2.51. The maximum Gasteiger partial charge on any atom is 0.307 e. The molecule has 1 fully saturated rings. The first-order chi connectivity index (χ1) is 7.50. The fraction of sp³-hybridized carbons (Fsp3) is 0.667. The number of fused-ring (bicyclic) bond motifs is 2. The monoisotopic (exact) mass is 223 g/mol. The van der Waals surface area contributed by atoms with Gasteiger partial charge in [-0.1, -0.05) is 12.2 Å². The number of carboxylic acids is 1. The Kier molecular flexibility index (Phi) is 2.74. The van der Waals surface area contributed by atoms with Crippen molar-refractivity contribution in [3.05, 3.63) is 12.2 Å². The van der Waals surface area contributed by atoms with Gasteiger partial charge in [-0.05, 0) is 32.1 Å². The Bertz CT molecular complexity index is 348. The molecule has 0 aromatic rings. The minimum Gasteiger partial charge on any atom is -0.481 e. The van der Waals surface area contributed by atoms with Gasteiger partial charge >= 0.3 is 5.97 Å². The zero-order valence-electron chi connectivity index (χ0n) is 9.51. The molecule has 0 spiro atoms. The lowest BCUT2D eigenvalue weighted by molar-refractivity contribution is -0.147. The summed E-state index contributed by atoms with van der Waals surface area (Å²) in [6.07, 6.45) is 4.75. The number of rotatable bonds is 3. The van der Waals surface area contributed by atoms with Gasteiger partial charge in [0.05, 0.1) is 11.8 Å². The van der Waals surface area contributed by atoms with Gasteiger partial charge < -0.3 is 10.4 Å². The van der Waals surface area contributed by atoms with E-state index in [1.165, 1.54) is 0 Å². The quantitative estimate of drug-likeness (QED) is 0.702. The Morgan fingerprint density at radius 3 is 2.31 bits per heavy atom. The summed E-state index contributed by atoms with van der Waals surface area (Å²) in [6, 6.07) is 0.0602. The summed E-state index contributed by atoms with van der Waals surface area (Å²) in [5, 5.41) is 12.0. The van der Waals surface area contributed by atoms with Crippen LogP contribution in [0.3, 0.4) is 0 Å². The molecule has 0 aromatic carbocycles. The van der Waals surface area contributed by atoms with Gasteiger partial charge in [-0.3, -0.25) is 9.59 Å². The van der Waals surface area contributed by atoms with Gasteiger partial charge in [-0.15, -0.1) is 0 Å². The number of hydrogen-bond donors (Lipinski definition) is 2. The summed E-state index contributed by atoms with van der Waals surface area (Å²) in [5.74, 6) is -1.71. The van der Waals surface area contributed by atoms with Crippen molar-refractivity contribution in [2.75, 3.05) is 0 Å². The van der Waals surface area contributed by atoms with Gasteiger partial charge in [0.25, 0.3) is 0 Å². The van der Waals surface area contributed by atoms with E-state index in [0.29, 0.717) is 0 Å². The van der Waals surface area contributed by atoms with Crippen LogP contribution in [0.15, 0.2) is 12.2 Å². The van der Waals surface area contributed by atoms with Crippen molar-refractivity contribution in [2.45, 2.75) is 26.3 Å². The van der Waals surface area contributed by atoms with Gasteiger partial charge in [0.1, 0.15) is 0 Å². The van der Waals surface area contributed by atoms with Crippen LogP contribution in [-0.4, -0.2) is 23.0 Å². The van der Waals surface area contributed by atoms with E-state index in [9.17, 15) is 14.7 Å². The number of aliphatic carboxylic acids is 1. The Morgan fingerprint density at radius 1 is 1.25 bits per heavy atom. The average Bonchev–Trinajstić information content (AvgIpc) is 2.74. The zero-order valence-corrected chi connectivity index (χ0v) is 9.51. The molecule has 4 atom stereocenters. The lowest BCUT2D eigenvalue weighted by atomic mass is 9.82. The summed E-state index contributed by atoms with van der Waals surface area (Å²) < 4.78 is 0. The highest BCUT2D eigenvalue weighted by Crippen LogP contribution is 2.48. The number of carbonyl (C=O) groups excluding carboxylic acids is 1. The number of carbonyl (C=O) groups is 2. The third-order valence-electron chi connectivity index (χ3n) is 3.48. The molecule has 0 aliphatic heterocycles. The standard InChI is InChI=1S/C12H17NO3/c1-6(2)13-11(14)9-7-3-4-8(5-7)10(9)12(15)16/h3-4,6-10H,5H2,1-2H3,(H,13,14)(H,15,16)/t7-,8+,9-,10+/m1/s1. The third kappa shape index (κ3) is 1.72. The molecule has 4 heteroatoms. The van der Waals surface area contributed by atoms with Crippen LogP contribution < -0.4 is 5.32 Å². The van der Waals surface area contributed by atoms with E-state index in [1.54, 1.807) is 0 Å². The summed E-state index contributed by atoms with van der Waals surface area (Å²) in [6.45, 7) is 3.77. The van der Waals surface area contributed by atoms with E-state index in [-0.39, 0.29) is 29.7 Å². The van der Waals surface area contributed by atoms with Crippen LogP contribution in [0.25, 0.3) is 0 Å². The topological polar surface area (TPSA) is 66.4 Å². The van der Waals surface area contributed by atoms with E-state index in [2.05, 4.69) is 5.32 Å². The fourth-order valence-electron chi connectivity index (χ4n) is 2.90. The number of hydrogen-bond acceptors (Lipinski definition) is 2. The van der Waals surface area contributed by atoms with Crippen LogP contribution in [0.2, 0.25) is 0 Å². The van der Waals surface area contributed by atoms with Gasteiger partial charge in [0, 0.05) is 6.04 Å². The number of nitrogens with one attached hydrogen (secondary N) is 1. The fourth-order valence-corrected chi connectivity index (χ4v) is 2.90. The molecule has 2 rings (SSSR count). The van der Waals surface area contributed by atoms with Crippen LogP contribution in [0.1, 0.15) is 20.3 Å². The maximum atomic E-state index is 12.0. The molecule has 1 amide bonds. The average molecular weight is 223 g/mol. The first-order valence-electron chi connectivity index (χ1n) is 5.72. The van der Waals surface area contributed by atoms with Crippen molar-refractivity contribution in [1.29, 1.82) is 0 Å². The first-order valence-corrected chi connectivity index (χ1v) is 5.72. The molecule has 0 saturated heterocycles. The number of carboxylic acid groups (broad SMARTS) is 1. The molecule has 2 bridgehead atoms. The largest absolute Gasteiger partial charge is 0.481 e. The van der Waals surface area contributed by atoms with E-state index in [1.807, 2.05) is 26.0 Å². The van der Waals surface area contributed by atoms with Crippen LogP contribution in [0.5, 0.6) is 0 Å². The Morgan fingerprint density at radius 2 is 1.81 bits per heavy atom. The molecule has 1 saturated carbocycles. The SMILES string of the molecule is CC(C)NC(=O)[C@H]1[C@@H](C(=O)O)[C@H]2C=C[C@@H]1C2. The minimum absolute atomic E-state index is 0.0467. The van der Waals surface area contributed by atoms with Gasteiger partial charge in [0.15, 0.2) is 0 Å². The molecule has 2 aliphatic carbocycles. The normalized spacial score (nSPS) is 35.7. The van der Waals surface area contributed by atoms with Crippen LogP contribution in [0, 0.1) is 23.7 Å². The third-order valence-corrected chi connectivity index (χ3v) is 3.48. The number of amides is 1. The lowest BCUT2D eigenvalue weighted by Gasteiger charge is -2.24. The summed E-state index contributed by atoms with van der Waals surface area (Å²) in [7, 11) is 0. The smallest absolute Gasteiger partial charge is 0.307 e. The molecule has 16 heavy (non-hydrogen) atoms. The molecule has 0 unspecified atom stereocenters. The second kappa shape index (κ2) is 3.92. The van der Waals surface area contributed by atoms with Crippen molar-refractivity contribution in [1.82, 2.24) is 5.32 Å². The van der Waals surface area contributed by atoms with E-state index < -0.39 is 11.9 Å². The molecule has 2 aliphatic rings. The van der Waals surface area contributed by atoms with Crippen LogP contribution in [-0.2, 0) is 9.59 Å². The predicted molar refractivity (Wildman–Crippen MR) is 58.6 cm³/mol. The number of allylic oxidation sites excluding steroid dienone is 2. The van der Waals surface area contributed by atoms with Gasteiger partial charge in [-0.2, -0.15) is 0 Å². The van der Waals surface area contributed by atoms with Gasteiger partial charge in [0.2, 0.25) is 5.91 Å². The second-order valence-electron chi connectivity index (χ2n) is 5.00.